The van der Waals surface area contributed by atoms with Crippen LogP contribution in [-0.2, 0) is 11.9 Å². The van der Waals surface area contributed by atoms with Gasteiger partial charge in [-0.1, -0.05) is 17.2 Å². The molecule has 0 N–H and O–H groups in total. The van der Waals surface area contributed by atoms with Crippen molar-refractivity contribution in [1.82, 2.24) is 14.8 Å². The third-order valence-corrected chi connectivity index (χ3v) is 3.33. The molecule has 0 unspecified atom stereocenters. The molecule has 2 amide bonds. The SMILES string of the molecule is Cn1ncc(C(F)F)c1C(=O)ON1C(=O)c2ccccc2C1=O. The molecule has 1 aliphatic heterocycles. The molecule has 1 aromatic heterocycles. The van der Waals surface area contributed by atoms with E-state index in [9.17, 15) is 23.2 Å². The van der Waals surface area contributed by atoms with Crippen LogP contribution >= 0.6 is 0 Å². The molecule has 0 radical (unpaired) electrons. The van der Waals surface area contributed by atoms with E-state index in [0.717, 1.165) is 10.9 Å². The lowest BCUT2D eigenvalue weighted by atomic mass is 10.1. The zero-order valence-electron chi connectivity index (χ0n) is 11.7. The van der Waals surface area contributed by atoms with Crippen LogP contribution in [0.2, 0.25) is 0 Å². The Morgan fingerprint density at radius 1 is 1.17 bits per heavy atom. The molecule has 2 heterocycles. The minimum absolute atomic E-state index is 0.0735. The number of hydroxylamine groups is 2. The number of aryl methyl sites for hydroxylation is 1. The summed E-state index contributed by atoms with van der Waals surface area (Å²) in [7, 11) is 1.27. The van der Waals surface area contributed by atoms with Gasteiger partial charge in [0.25, 0.3) is 18.2 Å². The lowest BCUT2D eigenvalue weighted by Crippen LogP contribution is -2.33. The van der Waals surface area contributed by atoms with Gasteiger partial charge in [-0.3, -0.25) is 14.3 Å². The second-order valence-corrected chi connectivity index (χ2v) is 4.70. The second-order valence-electron chi connectivity index (χ2n) is 4.70. The maximum atomic E-state index is 12.9. The molecule has 9 heteroatoms. The number of carbonyl (C=O) groups is 3. The molecule has 23 heavy (non-hydrogen) atoms. The monoisotopic (exact) mass is 321 g/mol. The van der Waals surface area contributed by atoms with E-state index in [1.165, 1.54) is 19.2 Å². The van der Waals surface area contributed by atoms with E-state index in [0.29, 0.717) is 0 Å². The summed E-state index contributed by atoms with van der Waals surface area (Å²) >= 11 is 0. The summed E-state index contributed by atoms with van der Waals surface area (Å²) in [5, 5.41) is 3.82. The highest BCUT2D eigenvalue weighted by molar-refractivity contribution is 6.21. The number of hydrogen-bond acceptors (Lipinski definition) is 5. The molecule has 0 bridgehead atoms. The van der Waals surface area contributed by atoms with Crippen LogP contribution in [0.5, 0.6) is 0 Å². The number of rotatable bonds is 3. The van der Waals surface area contributed by atoms with E-state index < -0.39 is 35.5 Å². The molecule has 3 rings (SSSR count). The van der Waals surface area contributed by atoms with Crippen molar-refractivity contribution in [2.45, 2.75) is 6.43 Å². The van der Waals surface area contributed by atoms with Crippen LogP contribution in [-0.4, -0.2) is 32.6 Å². The molecule has 0 saturated carbocycles. The number of hydrogen-bond donors (Lipinski definition) is 0. The zero-order chi connectivity index (χ0) is 16.7. The Kier molecular flexibility index (Phi) is 3.40. The molecule has 1 aliphatic rings. The predicted octanol–water partition coefficient (Wildman–Crippen LogP) is 1.73. The fourth-order valence-corrected chi connectivity index (χ4v) is 2.24. The average molecular weight is 321 g/mol. The van der Waals surface area contributed by atoms with Crippen molar-refractivity contribution in [2.75, 3.05) is 0 Å². The van der Waals surface area contributed by atoms with Gasteiger partial charge in [0, 0.05) is 7.05 Å². The van der Waals surface area contributed by atoms with Crippen molar-refractivity contribution >= 4 is 17.8 Å². The number of fused-ring (bicyclic) bond motifs is 1. The molecule has 0 saturated heterocycles. The quantitative estimate of drug-likeness (QED) is 0.804. The molecular formula is C14H9F2N3O4. The molecule has 2 aromatic rings. The Morgan fingerprint density at radius 3 is 2.26 bits per heavy atom. The molecule has 7 nitrogen and oxygen atoms in total. The zero-order valence-corrected chi connectivity index (χ0v) is 11.7. The van der Waals surface area contributed by atoms with Crippen molar-refractivity contribution in [3.63, 3.8) is 0 Å². The van der Waals surface area contributed by atoms with Crippen LogP contribution in [0.15, 0.2) is 30.5 Å². The van der Waals surface area contributed by atoms with Crippen molar-refractivity contribution in [2.24, 2.45) is 7.05 Å². The summed E-state index contributed by atoms with van der Waals surface area (Å²) < 4.78 is 26.6. The topological polar surface area (TPSA) is 81.5 Å². The van der Waals surface area contributed by atoms with Crippen molar-refractivity contribution in [3.8, 4) is 0 Å². The van der Waals surface area contributed by atoms with Crippen LogP contribution < -0.4 is 0 Å². The van der Waals surface area contributed by atoms with Gasteiger partial charge in [-0.15, -0.1) is 0 Å². The van der Waals surface area contributed by atoms with E-state index in [1.807, 2.05) is 0 Å². The number of halogens is 2. The van der Waals surface area contributed by atoms with E-state index in [2.05, 4.69) is 5.10 Å². The summed E-state index contributed by atoms with van der Waals surface area (Å²) in [6, 6.07) is 5.90. The highest BCUT2D eigenvalue weighted by Gasteiger charge is 2.39. The molecule has 0 fully saturated rings. The molecule has 0 atom stereocenters. The normalized spacial score (nSPS) is 13.7. The van der Waals surface area contributed by atoms with Crippen LogP contribution in [0.25, 0.3) is 0 Å². The Hall–Kier alpha value is -3.10. The van der Waals surface area contributed by atoms with Gasteiger partial charge in [-0.05, 0) is 12.1 Å². The van der Waals surface area contributed by atoms with Gasteiger partial charge < -0.3 is 4.84 Å². The molecule has 0 spiro atoms. The van der Waals surface area contributed by atoms with Gasteiger partial charge in [0.15, 0.2) is 5.69 Å². The Labute approximate surface area is 128 Å². The fraction of sp³-hybridized carbons (Fsp3) is 0.143. The number of imide groups is 1. The smallest absolute Gasteiger partial charge is 0.323 e. The Balaban J connectivity index is 1.90. The first-order valence-corrected chi connectivity index (χ1v) is 6.42. The third kappa shape index (κ3) is 2.26. The van der Waals surface area contributed by atoms with Gasteiger partial charge in [0.1, 0.15) is 0 Å². The number of amides is 2. The van der Waals surface area contributed by atoms with Gasteiger partial charge in [0.2, 0.25) is 0 Å². The van der Waals surface area contributed by atoms with Gasteiger partial charge in [0.05, 0.1) is 22.9 Å². The molecule has 118 valence electrons. The standard InChI is InChI=1S/C14H9F2N3O4/c1-18-10(9(6-17-18)11(15)16)14(22)23-19-12(20)7-4-2-3-5-8(7)13(19)21/h2-6,11H,1H3. The first-order valence-electron chi connectivity index (χ1n) is 6.42. The molecule has 0 aliphatic carbocycles. The summed E-state index contributed by atoms with van der Waals surface area (Å²) in [5.74, 6) is -2.94. The van der Waals surface area contributed by atoms with Gasteiger partial charge >= 0.3 is 5.97 Å². The van der Waals surface area contributed by atoms with Crippen LogP contribution in [0.1, 0.15) is 43.2 Å². The van der Waals surface area contributed by atoms with Crippen LogP contribution in [0.3, 0.4) is 0 Å². The molecule has 1 aromatic carbocycles. The van der Waals surface area contributed by atoms with E-state index >= 15 is 0 Å². The minimum Gasteiger partial charge on any atom is -0.323 e. The van der Waals surface area contributed by atoms with Crippen molar-refractivity contribution < 1.29 is 28.0 Å². The number of benzene rings is 1. The van der Waals surface area contributed by atoms with E-state index in [1.54, 1.807) is 12.1 Å². The fourth-order valence-electron chi connectivity index (χ4n) is 2.24. The highest BCUT2D eigenvalue weighted by Crippen LogP contribution is 2.26. The number of carbonyl (C=O) groups excluding carboxylic acids is 3. The van der Waals surface area contributed by atoms with Crippen LogP contribution in [0, 0.1) is 0 Å². The average Bonchev–Trinajstić information content (AvgIpc) is 3.02. The summed E-state index contributed by atoms with van der Waals surface area (Å²) in [6.45, 7) is 0. The summed E-state index contributed by atoms with van der Waals surface area (Å²) in [4.78, 5) is 41.0. The van der Waals surface area contributed by atoms with Gasteiger partial charge in [-0.2, -0.15) is 5.10 Å². The maximum Gasteiger partial charge on any atom is 0.382 e. The first kappa shape index (κ1) is 14.8. The maximum absolute atomic E-state index is 12.9. The molecular weight excluding hydrogens is 312 g/mol. The first-order chi connectivity index (χ1) is 10.9. The number of alkyl halides is 2. The minimum atomic E-state index is -2.95. The summed E-state index contributed by atoms with van der Waals surface area (Å²) in [5.41, 5.74) is -1.03. The van der Waals surface area contributed by atoms with E-state index in [-0.39, 0.29) is 16.2 Å². The predicted molar refractivity (Wildman–Crippen MR) is 70.5 cm³/mol. The Morgan fingerprint density at radius 2 is 1.74 bits per heavy atom. The largest absolute Gasteiger partial charge is 0.382 e. The summed E-state index contributed by atoms with van der Waals surface area (Å²) in [6.07, 6.45) is -2.13. The van der Waals surface area contributed by atoms with Gasteiger partial charge in [-0.25, -0.2) is 13.6 Å². The lowest BCUT2D eigenvalue weighted by molar-refractivity contribution is -0.0594. The highest BCUT2D eigenvalue weighted by atomic mass is 19.3. The Bertz CT molecular complexity index is 796. The van der Waals surface area contributed by atoms with Crippen molar-refractivity contribution in [1.29, 1.82) is 0 Å². The lowest BCUT2D eigenvalue weighted by Gasteiger charge is -2.13. The number of nitrogens with zero attached hydrogens (tertiary/aromatic N) is 3. The third-order valence-electron chi connectivity index (χ3n) is 3.33. The van der Waals surface area contributed by atoms with Crippen molar-refractivity contribution in [3.05, 3.63) is 52.8 Å². The number of aromatic nitrogens is 2. The second kappa shape index (κ2) is 5.27. The van der Waals surface area contributed by atoms with Crippen LogP contribution in [0.4, 0.5) is 8.78 Å². The van der Waals surface area contributed by atoms with E-state index in [4.69, 9.17) is 4.84 Å².